The van der Waals surface area contributed by atoms with Gasteiger partial charge in [-0.05, 0) is 39.3 Å². The standard InChI is InChI=1S/C16H17N3O.C8H8O2.C7H8.C2H6.2CH2O/c1-5-6-12-9-19(4)14-7-13(8-17-16(12)14)15-10(2)18-20-11(15)3;9-7-10-6-8-4-2-1-3-5-8;1-7-5-3-2-4-6-7;3*1-2/h5-9H,1-4H3;1-5,7H,6H2;2-6H,1H3;1-2H3;2*1H2/b6-5+;;;;;. The molecule has 0 aliphatic carbocycles. The van der Waals surface area contributed by atoms with Gasteiger partial charge in [0.25, 0.3) is 6.47 Å². The zero-order chi connectivity index (χ0) is 32.6. The summed E-state index contributed by atoms with van der Waals surface area (Å²) < 4.78 is 11.9. The second kappa shape index (κ2) is 22.6. The third-order valence-electron chi connectivity index (χ3n) is 5.62. The third kappa shape index (κ3) is 12.5. The lowest BCUT2D eigenvalue weighted by Gasteiger charge is -2.02. The van der Waals surface area contributed by atoms with E-state index >= 15 is 0 Å². The summed E-state index contributed by atoms with van der Waals surface area (Å²) in [7, 11) is 2.04. The Hall–Kier alpha value is -5.11. The summed E-state index contributed by atoms with van der Waals surface area (Å²) in [5, 5.41) is 4.01. The number of benzene rings is 2. The second-order valence-corrected chi connectivity index (χ2v) is 8.53. The Kier molecular flexibility index (Phi) is 19.9. The maximum absolute atomic E-state index is 9.76. The largest absolute Gasteiger partial charge is 0.463 e. The highest BCUT2D eigenvalue weighted by atomic mass is 16.5. The highest BCUT2D eigenvalue weighted by molar-refractivity contribution is 5.89. The summed E-state index contributed by atoms with van der Waals surface area (Å²) in [6.07, 6.45) is 8.08. The summed E-state index contributed by atoms with van der Waals surface area (Å²) in [6, 6.07) is 21.9. The molecule has 228 valence electrons. The van der Waals surface area contributed by atoms with E-state index in [1.165, 1.54) is 5.56 Å². The number of aryl methyl sites for hydroxylation is 4. The number of carbonyl (C=O) groups is 3. The van der Waals surface area contributed by atoms with Crippen molar-refractivity contribution in [3.63, 3.8) is 0 Å². The van der Waals surface area contributed by atoms with Gasteiger partial charge in [0.15, 0.2) is 0 Å². The highest BCUT2D eigenvalue weighted by Gasteiger charge is 2.14. The number of ether oxygens (including phenoxy) is 1. The van der Waals surface area contributed by atoms with E-state index in [0.717, 1.165) is 44.7 Å². The predicted octanol–water partition coefficient (Wildman–Crippen LogP) is 7.89. The van der Waals surface area contributed by atoms with E-state index in [-0.39, 0.29) is 0 Å². The maximum Gasteiger partial charge on any atom is 0.293 e. The van der Waals surface area contributed by atoms with Gasteiger partial charge in [-0.25, -0.2) is 0 Å². The first-order chi connectivity index (χ1) is 20.9. The van der Waals surface area contributed by atoms with E-state index in [1.54, 1.807) is 0 Å². The smallest absolute Gasteiger partial charge is 0.293 e. The number of pyridine rings is 1. The van der Waals surface area contributed by atoms with Crippen molar-refractivity contribution >= 4 is 37.2 Å². The molecule has 0 bridgehead atoms. The monoisotopic (exact) mass is 585 g/mol. The lowest BCUT2D eigenvalue weighted by Crippen LogP contribution is -1.88. The molecule has 0 amide bonds. The van der Waals surface area contributed by atoms with E-state index in [9.17, 15) is 4.79 Å². The quantitative estimate of drug-likeness (QED) is 0.193. The minimum atomic E-state index is 0.365. The molecule has 0 fully saturated rings. The number of rotatable bonds is 5. The van der Waals surface area contributed by atoms with Gasteiger partial charge in [0, 0.05) is 36.1 Å². The van der Waals surface area contributed by atoms with Crippen molar-refractivity contribution in [1.29, 1.82) is 0 Å². The zero-order valence-corrected chi connectivity index (χ0v) is 26.2. The number of hydrogen-bond donors (Lipinski definition) is 0. The average molecular weight is 586 g/mol. The third-order valence-corrected chi connectivity index (χ3v) is 5.62. The summed E-state index contributed by atoms with van der Waals surface area (Å²) in [5.41, 5.74) is 8.56. The Labute approximate surface area is 255 Å². The molecule has 0 saturated heterocycles. The molecule has 8 nitrogen and oxygen atoms in total. The van der Waals surface area contributed by atoms with Crippen molar-refractivity contribution in [2.24, 2.45) is 7.05 Å². The number of carbonyl (C=O) groups excluding carboxylic acids is 3. The first-order valence-electron chi connectivity index (χ1n) is 13.6. The predicted molar refractivity (Wildman–Crippen MR) is 174 cm³/mol. The topological polar surface area (TPSA) is 104 Å². The summed E-state index contributed by atoms with van der Waals surface area (Å²) in [6.45, 7) is 16.8. The maximum atomic E-state index is 9.76. The molecule has 0 radical (unpaired) electrons. The van der Waals surface area contributed by atoms with Crippen molar-refractivity contribution < 1.29 is 23.6 Å². The van der Waals surface area contributed by atoms with Gasteiger partial charge >= 0.3 is 0 Å². The van der Waals surface area contributed by atoms with Crippen LogP contribution in [-0.2, 0) is 32.8 Å². The molecule has 3 aromatic heterocycles. The molecule has 5 rings (SSSR count). The summed E-state index contributed by atoms with van der Waals surface area (Å²) in [5.74, 6) is 0.825. The van der Waals surface area contributed by atoms with E-state index in [1.807, 2.05) is 116 Å². The molecule has 0 N–H and O–H groups in total. The van der Waals surface area contributed by atoms with Crippen molar-refractivity contribution in [3.05, 3.63) is 113 Å². The number of hydrogen-bond acceptors (Lipinski definition) is 7. The molecular weight excluding hydrogens is 542 g/mol. The Bertz CT molecular complexity index is 1450. The van der Waals surface area contributed by atoms with Crippen LogP contribution < -0.4 is 0 Å². The Morgan fingerprint density at radius 3 is 1.98 bits per heavy atom. The minimum absolute atomic E-state index is 0.365. The van der Waals surface area contributed by atoms with Gasteiger partial charge in [0.05, 0.1) is 16.7 Å². The number of nitrogens with zero attached hydrogens (tertiary/aromatic N) is 3. The first-order valence-corrected chi connectivity index (χ1v) is 13.6. The molecule has 0 saturated carbocycles. The Balaban J connectivity index is 0.000000641. The van der Waals surface area contributed by atoms with Gasteiger partial charge in [-0.2, -0.15) is 0 Å². The van der Waals surface area contributed by atoms with Gasteiger partial charge in [0.2, 0.25) is 0 Å². The van der Waals surface area contributed by atoms with Gasteiger partial charge in [-0.1, -0.05) is 97.4 Å². The van der Waals surface area contributed by atoms with Crippen LogP contribution in [0.3, 0.4) is 0 Å². The minimum Gasteiger partial charge on any atom is -0.463 e. The highest BCUT2D eigenvalue weighted by Crippen LogP contribution is 2.30. The van der Waals surface area contributed by atoms with E-state index < -0.39 is 0 Å². The van der Waals surface area contributed by atoms with Gasteiger partial charge < -0.3 is 23.4 Å². The summed E-state index contributed by atoms with van der Waals surface area (Å²) in [4.78, 5) is 30.4. The van der Waals surface area contributed by atoms with Crippen LogP contribution in [-0.4, -0.2) is 34.8 Å². The fraction of sp³-hybridized carbons (Fsp3) is 0.229. The van der Waals surface area contributed by atoms with Crippen molar-refractivity contribution in [1.82, 2.24) is 14.7 Å². The molecule has 3 heterocycles. The molecule has 2 aromatic carbocycles. The van der Waals surface area contributed by atoms with Crippen LogP contribution in [0.25, 0.3) is 28.2 Å². The number of allylic oxidation sites excluding steroid dienone is 1. The molecule has 8 heteroatoms. The van der Waals surface area contributed by atoms with Gasteiger partial charge in [-0.3, -0.25) is 9.78 Å². The van der Waals surface area contributed by atoms with Crippen LogP contribution in [0.15, 0.2) is 89.7 Å². The van der Waals surface area contributed by atoms with Gasteiger partial charge in [-0.15, -0.1) is 0 Å². The van der Waals surface area contributed by atoms with Gasteiger partial charge in [0.1, 0.15) is 25.9 Å². The zero-order valence-electron chi connectivity index (χ0n) is 26.2. The van der Waals surface area contributed by atoms with E-state index in [0.29, 0.717) is 13.1 Å². The van der Waals surface area contributed by atoms with E-state index in [2.05, 4.69) is 56.8 Å². The molecule has 0 aliphatic rings. The van der Waals surface area contributed by atoms with Crippen LogP contribution in [0.1, 0.15) is 48.9 Å². The van der Waals surface area contributed by atoms with Crippen LogP contribution in [0.2, 0.25) is 0 Å². The van der Waals surface area contributed by atoms with Crippen molar-refractivity contribution in [2.75, 3.05) is 0 Å². The molecule has 43 heavy (non-hydrogen) atoms. The number of aromatic nitrogens is 3. The Morgan fingerprint density at radius 2 is 1.51 bits per heavy atom. The molecular formula is C35H43N3O5. The van der Waals surface area contributed by atoms with Crippen LogP contribution >= 0.6 is 0 Å². The fourth-order valence-electron chi connectivity index (χ4n) is 3.86. The molecule has 0 aliphatic heterocycles. The molecule has 0 unspecified atom stereocenters. The average Bonchev–Trinajstić information content (AvgIpc) is 3.57. The SMILES string of the molecule is C/C=C/c1cn(C)c2cc(-c3c(C)noc3C)cnc12.C=O.C=O.CC.Cc1ccccc1.O=COCc1ccccc1. The van der Waals surface area contributed by atoms with E-state index in [4.69, 9.17) is 14.1 Å². The van der Waals surface area contributed by atoms with Crippen molar-refractivity contribution in [3.8, 4) is 11.1 Å². The number of fused-ring (bicyclic) bond motifs is 1. The lowest BCUT2D eigenvalue weighted by molar-refractivity contribution is -0.129. The fourth-order valence-corrected chi connectivity index (χ4v) is 3.86. The Morgan fingerprint density at radius 1 is 0.930 bits per heavy atom. The normalized spacial score (nSPS) is 9.28. The first kappa shape index (κ1) is 37.9. The molecule has 5 aromatic rings. The molecule has 0 atom stereocenters. The van der Waals surface area contributed by atoms with Crippen molar-refractivity contribution in [2.45, 2.75) is 48.1 Å². The lowest BCUT2D eigenvalue weighted by atomic mass is 10.1. The van der Waals surface area contributed by atoms with Crippen LogP contribution in [0, 0.1) is 20.8 Å². The van der Waals surface area contributed by atoms with Crippen LogP contribution in [0.5, 0.6) is 0 Å². The summed E-state index contributed by atoms with van der Waals surface area (Å²) >= 11 is 0. The second-order valence-electron chi connectivity index (χ2n) is 8.53. The molecule has 0 spiro atoms. The van der Waals surface area contributed by atoms with Crippen LogP contribution in [0.4, 0.5) is 0 Å².